The summed E-state index contributed by atoms with van der Waals surface area (Å²) in [4.78, 5) is 22.7. The number of hydrogen-bond acceptors (Lipinski definition) is 3. The summed E-state index contributed by atoms with van der Waals surface area (Å²) in [5.41, 5.74) is 0.0178. The van der Waals surface area contributed by atoms with Crippen molar-refractivity contribution in [3.63, 3.8) is 0 Å². The number of furan rings is 1. The second-order valence-corrected chi connectivity index (χ2v) is 5.35. The molecule has 5 nitrogen and oxygen atoms in total. The van der Waals surface area contributed by atoms with Crippen molar-refractivity contribution in [2.24, 2.45) is 5.41 Å². The molecule has 0 unspecified atom stereocenters. The molecule has 1 aromatic heterocycles. The molecule has 0 fully saturated rings. The molecule has 1 amide bonds. The number of amides is 1. The van der Waals surface area contributed by atoms with Gasteiger partial charge in [0.15, 0.2) is 5.76 Å². The Kier molecular flexibility index (Phi) is 4.16. The van der Waals surface area contributed by atoms with Crippen molar-refractivity contribution in [3.05, 3.63) is 23.2 Å². The lowest BCUT2D eigenvalue weighted by molar-refractivity contribution is 0.0694. The van der Waals surface area contributed by atoms with Gasteiger partial charge >= 0.3 is 5.97 Å². The van der Waals surface area contributed by atoms with E-state index in [2.05, 4.69) is 5.32 Å². The van der Waals surface area contributed by atoms with Gasteiger partial charge in [-0.3, -0.25) is 4.79 Å². The first kappa shape index (κ1) is 14.3. The molecule has 0 aliphatic carbocycles. The number of aryl methyl sites for hydroxylation is 1. The number of aromatic carboxylic acids is 1. The fourth-order valence-electron chi connectivity index (χ4n) is 1.42. The molecule has 0 aliphatic heterocycles. The van der Waals surface area contributed by atoms with Gasteiger partial charge in [-0.2, -0.15) is 0 Å². The van der Waals surface area contributed by atoms with Crippen LogP contribution in [0.2, 0.25) is 0 Å². The third-order valence-corrected chi connectivity index (χ3v) is 2.36. The van der Waals surface area contributed by atoms with Crippen LogP contribution in [0.4, 0.5) is 0 Å². The lowest BCUT2D eigenvalue weighted by Crippen LogP contribution is -2.32. The van der Waals surface area contributed by atoms with Crippen LogP contribution in [-0.2, 0) is 6.42 Å². The number of rotatable bonds is 4. The predicted molar refractivity (Wildman–Crippen MR) is 66.8 cm³/mol. The van der Waals surface area contributed by atoms with Crippen molar-refractivity contribution in [1.82, 2.24) is 5.32 Å². The van der Waals surface area contributed by atoms with Gasteiger partial charge in [-0.1, -0.05) is 27.7 Å². The van der Waals surface area contributed by atoms with Crippen LogP contribution < -0.4 is 5.32 Å². The average molecular weight is 253 g/mol. The molecular formula is C13H19NO4. The van der Waals surface area contributed by atoms with Crippen LogP contribution in [0.3, 0.4) is 0 Å². The molecule has 18 heavy (non-hydrogen) atoms. The molecule has 0 spiro atoms. The summed E-state index contributed by atoms with van der Waals surface area (Å²) in [6, 6.07) is 1.28. The topological polar surface area (TPSA) is 79.5 Å². The second-order valence-electron chi connectivity index (χ2n) is 5.35. The highest BCUT2D eigenvalue weighted by molar-refractivity contribution is 5.96. The van der Waals surface area contributed by atoms with Gasteiger partial charge in [0.25, 0.3) is 5.91 Å². The minimum Gasteiger partial charge on any atom is -0.478 e. The maximum absolute atomic E-state index is 11.8. The molecule has 0 aromatic carbocycles. The lowest BCUT2D eigenvalue weighted by atomic mass is 9.97. The van der Waals surface area contributed by atoms with Crippen LogP contribution >= 0.6 is 0 Å². The number of carboxylic acid groups (broad SMARTS) is 1. The SMILES string of the molecule is CCc1oc(C(=O)NCC(C)(C)C)cc1C(=O)O. The molecule has 1 rings (SSSR count). The molecule has 100 valence electrons. The number of nitrogens with one attached hydrogen (secondary N) is 1. The highest BCUT2D eigenvalue weighted by Crippen LogP contribution is 2.17. The van der Waals surface area contributed by atoms with Gasteiger partial charge in [0.05, 0.1) is 0 Å². The van der Waals surface area contributed by atoms with Gasteiger partial charge in [-0.05, 0) is 5.41 Å². The zero-order chi connectivity index (χ0) is 13.9. The Labute approximate surface area is 106 Å². The van der Waals surface area contributed by atoms with Gasteiger partial charge in [0.1, 0.15) is 11.3 Å². The van der Waals surface area contributed by atoms with E-state index in [1.54, 1.807) is 6.92 Å². The number of carbonyl (C=O) groups excluding carboxylic acids is 1. The Morgan fingerprint density at radius 1 is 1.39 bits per heavy atom. The van der Waals surface area contributed by atoms with Crippen molar-refractivity contribution in [2.45, 2.75) is 34.1 Å². The normalized spacial score (nSPS) is 11.3. The number of carbonyl (C=O) groups is 2. The van der Waals surface area contributed by atoms with Gasteiger partial charge in [0, 0.05) is 19.0 Å². The molecule has 0 bridgehead atoms. The summed E-state index contributed by atoms with van der Waals surface area (Å²) in [5, 5.41) is 11.7. The Morgan fingerprint density at radius 3 is 2.39 bits per heavy atom. The van der Waals surface area contributed by atoms with E-state index < -0.39 is 5.97 Å². The molecule has 0 saturated carbocycles. The molecule has 0 atom stereocenters. The van der Waals surface area contributed by atoms with E-state index in [1.807, 2.05) is 20.8 Å². The first-order valence-corrected chi connectivity index (χ1v) is 5.89. The van der Waals surface area contributed by atoms with Crippen molar-refractivity contribution in [1.29, 1.82) is 0 Å². The molecular weight excluding hydrogens is 234 g/mol. The maximum Gasteiger partial charge on any atom is 0.339 e. The third-order valence-electron chi connectivity index (χ3n) is 2.36. The summed E-state index contributed by atoms with van der Waals surface area (Å²) in [6.07, 6.45) is 0.439. The van der Waals surface area contributed by atoms with E-state index >= 15 is 0 Å². The molecule has 1 aromatic rings. The zero-order valence-corrected chi connectivity index (χ0v) is 11.2. The van der Waals surface area contributed by atoms with E-state index in [4.69, 9.17) is 9.52 Å². The monoisotopic (exact) mass is 253 g/mol. The molecule has 0 aliphatic rings. The third kappa shape index (κ3) is 3.61. The molecule has 0 saturated heterocycles. The van der Waals surface area contributed by atoms with Gasteiger partial charge in [0.2, 0.25) is 0 Å². The van der Waals surface area contributed by atoms with Crippen molar-refractivity contribution < 1.29 is 19.1 Å². The summed E-state index contributed by atoms with van der Waals surface area (Å²) < 4.78 is 5.26. The highest BCUT2D eigenvalue weighted by Gasteiger charge is 2.21. The van der Waals surface area contributed by atoms with Crippen molar-refractivity contribution in [3.8, 4) is 0 Å². The lowest BCUT2D eigenvalue weighted by Gasteiger charge is -2.17. The van der Waals surface area contributed by atoms with Gasteiger partial charge in [-0.15, -0.1) is 0 Å². The predicted octanol–water partition coefficient (Wildman–Crippen LogP) is 2.32. The van der Waals surface area contributed by atoms with E-state index in [-0.39, 0.29) is 22.6 Å². The smallest absolute Gasteiger partial charge is 0.339 e. The first-order chi connectivity index (χ1) is 8.24. The quantitative estimate of drug-likeness (QED) is 0.863. The molecule has 0 radical (unpaired) electrons. The van der Waals surface area contributed by atoms with Crippen LogP contribution in [0.1, 0.15) is 54.4 Å². The maximum atomic E-state index is 11.8. The molecule has 1 heterocycles. The van der Waals surface area contributed by atoms with Gasteiger partial charge in [-0.25, -0.2) is 4.79 Å². The Bertz CT molecular complexity index is 454. The minimum absolute atomic E-state index is 0.0362. The Hall–Kier alpha value is -1.78. The standard InChI is InChI=1S/C13H19NO4/c1-5-9-8(12(16)17)6-10(18-9)11(15)14-7-13(2,3)4/h6H,5,7H2,1-4H3,(H,14,15)(H,16,17). The summed E-state index contributed by atoms with van der Waals surface area (Å²) >= 11 is 0. The largest absolute Gasteiger partial charge is 0.478 e. The second kappa shape index (κ2) is 5.25. The van der Waals surface area contributed by atoms with Crippen LogP contribution in [0.5, 0.6) is 0 Å². The van der Waals surface area contributed by atoms with E-state index in [0.29, 0.717) is 18.7 Å². The van der Waals surface area contributed by atoms with Crippen LogP contribution in [0, 0.1) is 5.41 Å². The molecule has 2 N–H and O–H groups in total. The summed E-state index contributed by atoms with van der Waals surface area (Å²) in [7, 11) is 0. The number of carboxylic acids is 1. The van der Waals surface area contributed by atoms with E-state index in [0.717, 1.165) is 0 Å². The van der Waals surface area contributed by atoms with Gasteiger partial charge < -0.3 is 14.8 Å². The van der Waals surface area contributed by atoms with Crippen molar-refractivity contribution in [2.75, 3.05) is 6.54 Å². The Balaban J connectivity index is 2.84. The van der Waals surface area contributed by atoms with Crippen LogP contribution in [-0.4, -0.2) is 23.5 Å². The summed E-state index contributed by atoms with van der Waals surface area (Å²) in [6.45, 7) is 8.26. The zero-order valence-electron chi connectivity index (χ0n) is 11.2. The summed E-state index contributed by atoms with van der Waals surface area (Å²) in [5.74, 6) is -1.09. The fourth-order valence-corrected chi connectivity index (χ4v) is 1.42. The van der Waals surface area contributed by atoms with Crippen LogP contribution in [0.25, 0.3) is 0 Å². The minimum atomic E-state index is -1.08. The fraction of sp³-hybridized carbons (Fsp3) is 0.538. The molecule has 5 heteroatoms. The van der Waals surface area contributed by atoms with Crippen LogP contribution in [0.15, 0.2) is 10.5 Å². The van der Waals surface area contributed by atoms with E-state index in [1.165, 1.54) is 6.07 Å². The van der Waals surface area contributed by atoms with Crippen molar-refractivity contribution >= 4 is 11.9 Å². The number of hydrogen-bond donors (Lipinski definition) is 2. The van der Waals surface area contributed by atoms with E-state index in [9.17, 15) is 9.59 Å². The first-order valence-electron chi connectivity index (χ1n) is 5.89. The highest BCUT2D eigenvalue weighted by atomic mass is 16.4. The Morgan fingerprint density at radius 2 is 2.00 bits per heavy atom. The average Bonchev–Trinajstić information content (AvgIpc) is 2.68.